The molecule has 1 aliphatic rings. The van der Waals surface area contributed by atoms with Crippen LogP contribution in [0.15, 0.2) is 48.7 Å². The zero-order chi connectivity index (χ0) is 17.5. The van der Waals surface area contributed by atoms with Crippen LogP contribution in [0.2, 0.25) is 0 Å². The van der Waals surface area contributed by atoms with Crippen LogP contribution in [-0.2, 0) is 13.0 Å². The normalized spacial score (nSPS) is 16.0. The van der Waals surface area contributed by atoms with Crippen LogP contribution >= 0.6 is 0 Å². The maximum atomic E-state index is 12.5. The Morgan fingerprint density at radius 1 is 1.00 bits per heavy atom. The molecule has 2 aromatic rings. The Morgan fingerprint density at radius 2 is 1.76 bits per heavy atom. The molecule has 3 rings (SSSR count). The zero-order valence-corrected chi connectivity index (χ0v) is 15.0. The summed E-state index contributed by atoms with van der Waals surface area (Å²) in [5.41, 5.74) is 2.03. The first kappa shape index (κ1) is 17.7. The standard InChI is InChI=1S/C20H28N4O/c1-22-14-16-23(17-15-22)13-10-21-20(25)19-8-5-11-24(19)12-9-18-6-3-2-4-7-18/h2-8,11H,9-10,12-17H2,1H3,(H,21,25). The molecule has 25 heavy (non-hydrogen) atoms. The highest BCUT2D eigenvalue weighted by molar-refractivity contribution is 5.92. The molecule has 5 heteroatoms. The maximum absolute atomic E-state index is 12.5. The van der Waals surface area contributed by atoms with Crippen molar-refractivity contribution in [3.05, 3.63) is 59.9 Å². The second kappa shape index (κ2) is 8.83. The van der Waals surface area contributed by atoms with Crippen molar-refractivity contribution in [3.8, 4) is 0 Å². The van der Waals surface area contributed by atoms with E-state index in [0.717, 1.165) is 51.4 Å². The molecule has 0 atom stereocenters. The van der Waals surface area contributed by atoms with Crippen molar-refractivity contribution in [1.29, 1.82) is 0 Å². The first-order valence-corrected chi connectivity index (χ1v) is 9.10. The number of carbonyl (C=O) groups excluding carboxylic acids is 1. The van der Waals surface area contributed by atoms with Crippen molar-refractivity contribution in [1.82, 2.24) is 19.7 Å². The average Bonchev–Trinajstić information content (AvgIpc) is 3.11. The molecular formula is C20H28N4O. The smallest absolute Gasteiger partial charge is 0.267 e. The van der Waals surface area contributed by atoms with Crippen molar-refractivity contribution in [2.24, 2.45) is 0 Å². The molecule has 5 nitrogen and oxygen atoms in total. The number of benzene rings is 1. The minimum atomic E-state index is 0.0205. The Kier molecular flexibility index (Phi) is 6.25. The molecule has 1 saturated heterocycles. The molecule has 1 aromatic heterocycles. The van der Waals surface area contributed by atoms with Gasteiger partial charge in [-0.3, -0.25) is 9.69 Å². The van der Waals surface area contributed by atoms with Crippen LogP contribution in [0.4, 0.5) is 0 Å². The van der Waals surface area contributed by atoms with Gasteiger partial charge in [0.05, 0.1) is 0 Å². The SMILES string of the molecule is CN1CCN(CCNC(=O)c2cccn2CCc2ccccc2)CC1. The molecule has 1 N–H and O–H groups in total. The number of piperazine rings is 1. The lowest BCUT2D eigenvalue weighted by atomic mass is 10.1. The summed E-state index contributed by atoms with van der Waals surface area (Å²) in [6, 6.07) is 14.2. The van der Waals surface area contributed by atoms with Gasteiger partial charge in [0.15, 0.2) is 0 Å². The van der Waals surface area contributed by atoms with Gasteiger partial charge in [-0.2, -0.15) is 0 Å². The van der Waals surface area contributed by atoms with E-state index in [1.807, 2.05) is 29.0 Å². The monoisotopic (exact) mass is 340 g/mol. The molecule has 2 heterocycles. The second-order valence-electron chi connectivity index (χ2n) is 6.72. The number of hydrogen-bond acceptors (Lipinski definition) is 3. The number of nitrogens with one attached hydrogen (secondary N) is 1. The Labute approximate surface area is 150 Å². The van der Waals surface area contributed by atoms with Crippen LogP contribution in [-0.4, -0.2) is 66.6 Å². The van der Waals surface area contributed by atoms with Crippen LogP contribution in [0, 0.1) is 0 Å². The largest absolute Gasteiger partial charge is 0.349 e. The van der Waals surface area contributed by atoms with E-state index in [1.54, 1.807) is 0 Å². The van der Waals surface area contributed by atoms with Crippen LogP contribution in [0.25, 0.3) is 0 Å². The summed E-state index contributed by atoms with van der Waals surface area (Å²) in [4.78, 5) is 17.2. The summed E-state index contributed by atoms with van der Waals surface area (Å²) in [5, 5.41) is 3.07. The Morgan fingerprint density at radius 3 is 2.52 bits per heavy atom. The van der Waals surface area contributed by atoms with Gasteiger partial charge in [-0.1, -0.05) is 30.3 Å². The summed E-state index contributed by atoms with van der Waals surface area (Å²) >= 11 is 0. The number of rotatable bonds is 7. The summed E-state index contributed by atoms with van der Waals surface area (Å²) in [6.45, 7) is 6.82. The molecule has 1 amide bonds. The number of amides is 1. The van der Waals surface area contributed by atoms with Gasteiger partial charge in [0.1, 0.15) is 5.69 Å². The highest BCUT2D eigenvalue weighted by Gasteiger charge is 2.14. The number of carbonyl (C=O) groups is 1. The van der Waals surface area contributed by atoms with Crippen LogP contribution < -0.4 is 5.32 Å². The summed E-state index contributed by atoms with van der Waals surface area (Å²) < 4.78 is 2.04. The molecule has 0 aliphatic carbocycles. The van der Waals surface area contributed by atoms with Gasteiger partial charge < -0.3 is 14.8 Å². The zero-order valence-electron chi connectivity index (χ0n) is 15.0. The Bertz CT molecular complexity index is 659. The van der Waals surface area contributed by atoms with Crippen molar-refractivity contribution >= 4 is 5.91 Å². The predicted octanol–water partition coefficient (Wildman–Crippen LogP) is 1.71. The van der Waals surface area contributed by atoms with E-state index in [1.165, 1.54) is 5.56 Å². The van der Waals surface area contributed by atoms with Crippen molar-refractivity contribution in [2.75, 3.05) is 46.3 Å². The van der Waals surface area contributed by atoms with E-state index in [-0.39, 0.29) is 5.91 Å². The van der Waals surface area contributed by atoms with Gasteiger partial charge >= 0.3 is 0 Å². The van der Waals surface area contributed by atoms with Gasteiger partial charge in [-0.25, -0.2) is 0 Å². The minimum Gasteiger partial charge on any atom is -0.349 e. The minimum absolute atomic E-state index is 0.0205. The molecule has 0 spiro atoms. The predicted molar refractivity (Wildman–Crippen MR) is 101 cm³/mol. The molecule has 1 fully saturated rings. The molecule has 1 aromatic carbocycles. The molecular weight excluding hydrogens is 312 g/mol. The van der Waals surface area contributed by atoms with Gasteiger partial charge in [-0.05, 0) is 31.2 Å². The van der Waals surface area contributed by atoms with E-state index < -0.39 is 0 Å². The van der Waals surface area contributed by atoms with Crippen molar-refractivity contribution in [2.45, 2.75) is 13.0 Å². The van der Waals surface area contributed by atoms with E-state index in [0.29, 0.717) is 6.54 Å². The van der Waals surface area contributed by atoms with Crippen molar-refractivity contribution < 1.29 is 4.79 Å². The topological polar surface area (TPSA) is 40.5 Å². The average molecular weight is 340 g/mol. The lowest BCUT2D eigenvalue weighted by Crippen LogP contribution is -2.47. The number of hydrogen-bond donors (Lipinski definition) is 1. The maximum Gasteiger partial charge on any atom is 0.267 e. The first-order chi connectivity index (χ1) is 12.2. The fourth-order valence-corrected chi connectivity index (χ4v) is 3.20. The van der Waals surface area contributed by atoms with Gasteiger partial charge in [0, 0.05) is 52.0 Å². The van der Waals surface area contributed by atoms with Gasteiger partial charge in [0.2, 0.25) is 0 Å². The second-order valence-corrected chi connectivity index (χ2v) is 6.72. The molecule has 0 saturated carbocycles. The Balaban J connectivity index is 1.45. The summed E-state index contributed by atoms with van der Waals surface area (Å²) in [5.74, 6) is 0.0205. The molecule has 1 aliphatic heterocycles. The number of likely N-dealkylation sites (N-methyl/N-ethyl adjacent to an activating group) is 1. The highest BCUT2D eigenvalue weighted by atomic mass is 16.1. The van der Waals surface area contributed by atoms with E-state index >= 15 is 0 Å². The van der Waals surface area contributed by atoms with Crippen LogP contribution in [0.3, 0.4) is 0 Å². The van der Waals surface area contributed by atoms with Gasteiger partial charge in [0.25, 0.3) is 5.91 Å². The number of aromatic nitrogens is 1. The third-order valence-electron chi connectivity index (χ3n) is 4.86. The van der Waals surface area contributed by atoms with Crippen molar-refractivity contribution in [3.63, 3.8) is 0 Å². The van der Waals surface area contributed by atoms with Crippen LogP contribution in [0.5, 0.6) is 0 Å². The fraction of sp³-hybridized carbons (Fsp3) is 0.450. The first-order valence-electron chi connectivity index (χ1n) is 9.10. The summed E-state index contributed by atoms with van der Waals surface area (Å²) in [6.07, 6.45) is 2.91. The molecule has 134 valence electrons. The molecule has 0 bridgehead atoms. The van der Waals surface area contributed by atoms with E-state index in [4.69, 9.17) is 0 Å². The highest BCUT2D eigenvalue weighted by Crippen LogP contribution is 2.07. The fourth-order valence-electron chi connectivity index (χ4n) is 3.20. The van der Waals surface area contributed by atoms with E-state index in [9.17, 15) is 4.79 Å². The quantitative estimate of drug-likeness (QED) is 0.834. The summed E-state index contributed by atoms with van der Waals surface area (Å²) in [7, 11) is 2.16. The number of aryl methyl sites for hydroxylation is 2. The molecule has 0 radical (unpaired) electrons. The van der Waals surface area contributed by atoms with Gasteiger partial charge in [-0.15, -0.1) is 0 Å². The molecule has 0 unspecified atom stereocenters. The third kappa shape index (κ3) is 5.18. The third-order valence-corrected chi connectivity index (χ3v) is 4.86. The lowest BCUT2D eigenvalue weighted by Gasteiger charge is -2.32. The van der Waals surface area contributed by atoms with E-state index in [2.05, 4.69) is 46.4 Å². The Hall–Kier alpha value is -2.11. The van der Waals surface area contributed by atoms with Crippen LogP contribution in [0.1, 0.15) is 16.1 Å². The lowest BCUT2D eigenvalue weighted by molar-refractivity contribution is 0.0931. The number of nitrogens with zero attached hydrogens (tertiary/aromatic N) is 3.